The third kappa shape index (κ3) is 6.96. The van der Waals surface area contributed by atoms with Crippen molar-refractivity contribution in [2.45, 2.75) is 18.8 Å². The van der Waals surface area contributed by atoms with Crippen molar-refractivity contribution in [2.75, 3.05) is 50.0 Å². The number of benzene rings is 1. The Labute approximate surface area is 174 Å². The molecule has 0 saturated carbocycles. The van der Waals surface area contributed by atoms with Crippen LogP contribution in [0.1, 0.15) is 17.5 Å². The third-order valence-corrected chi connectivity index (χ3v) is 4.56. The van der Waals surface area contributed by atoms with Crippen molar-refractivity contribution in [1.29, 1.82) is 0 Å². The van der Waals surface area contributed by atoms with Gasteiger partial charge in [0.05, 0.1) is 24.3 Å². The quantitative estimate of drug-likeness (QED) is 0.483. The van der Waals surface area contributed by atoms with Gasteiger partial charge in [0.1, 0.15) is 5.82 Å². The molecular formula is C19H21F6N5O. The fourth-order valence-corrected chi connectivity index (χ4v) is 3.02. The molecule has 0 radical (unpaired) electrons. The lowest BCUT2D eigenvalue weighted by atomic mass is 10.1. The van der Waals surface area contributed by atoms with Crippen LogP contribution in [0.15, 0.2) is 30.5 Å². The lowest BCUT2D eigenvalue weighted by Gasteiger charge is -2.26. The highest BCUT2D eigenvalue weighted by Gasteiger charge is 2.37. The van der Waals surface area contributed by atoms with Crippen molar-refractivity contribution >= 4 is 17.5 Å². The van der Waals surface area contributed by atoms with Gasteiger partial charge in [0.25, 0.3) is 0 Å². The van der Waals surface area contributed by atoms with Gasteiger partial charge < -0.3 is 15.4 Å². The molecule has 170 valence electrons. The third-order valence-electron chi connectivity index (χ3n) is 4.56. The predicted molar refractivity (Wildman–Crippen MR) is 102 cm³/mol. The van der Waals surface area contributed by atoms with Gasteiger partial charge in [-0.25, -0.2) is 4.98 Å². The first-order valence-electron chi connectivity index (χ1n) is 9.55. The molecular weight excluding hydrogens is 428 g/mol. The molecule has 1 aliphatic rings. The standard InChI is InChI=1S/C19H21F6N5O/c20-18(21,22)13-10-14(19(23,24)25)12-15(11-13)28-17-27-4-2-16(29-17)26-3-1-5-30-6-8-31-9-7-30/h2,4,10-12H,1,3,5-9H2,(H2,26,27,28,29). The van der Waals surface area contributed by atoms with Crippen LogP contribution in [0.2, 0.25) is 0 Å². The van der Waals surface area contributed by atoms with Gasteiger partial charge in [-0.3, -0.25) is 4.90 Å². The Balaban J connectivity index is 1.64. The fourth-order valence-electron chi connectivity index (χ4n) is 3.02. The molecule has 0 atom stereocenters. The molecule has 3 rings (SSSR count). The topological polar surface area (TPSA) is 62.3 Å². The predicted octanol–water partition coefficient (Wildman–Crippen LogP) is 4.39. The summed E-state index contributed by atoms with van der Waals surface area (Å²) < 4.78 is 83.3. The minimum atomic E-state index is -4.93. The van der Waals surface area contributed by atoms with E-state index >= 15 is 0 Å². The van der Waals surface area contributed by atoms with Gasteiger partial charge in [0.15, 0.2) is 0 Å². The number of hydrogen-bond donors (Lipinski definition) is 2. The summed E-state index contributed by atoms with van der Waals surface area (Å²) in [6, 6.07) is 2.80. The monoisotopic (exact) mass is 449 g/mol. The summed E-state index contributed by atoms with van der Waals surface area (Å²) >= 11 is 0. The molecule has 1 aromatic carbocycles. The molecule has 1 aliphatic heterocycles. The molecule has 2 N–H and O–H groups in total. The highest BCUT2D eigenvalue weighted by Crippen LogP contribution is 2.37. The number of nitrogens with zero attached hydrogens (tertiary/aromatic N) is 3. The van der Waals surface area contributed by atoms with Crippen LogP contribution < -0.4 is 10.6 Å². The minimum Gasteiger partial charge on any atom is -0.379 e. The first kappa shape index (κ1) is 23.1. The molecule has 0 unspecified atom stereocenters. The highest BCUT2D eigenvalue weighted by molar-refractivity contribution is 5.58. The first-order chi connectivity index (χ1) is 14.6. The second-order valence-electron chi connectivity index (χ2n) is 6.92. The van der Waals surface area contributed by atoms with Crippen LogP contribution in [0.25, 0.3) is 0 Å². The zero-order valence-corrected chi connectivity index (χ0v) is 16.4. The Morgan fingerprint density at radius 3 is 2.23 bits per heavy atom. The molecule has 0 aliphatic carbocycles. The van der Waals surface area contributed by atoms with Gasteiger partial charge in [-0.2, -0.15) is 31.3 Å². The van der Waals surface area contributed by atoms with E-state index in [4.69, 9.17) is 4.74 Å². The number of ether oxygens (including phenoxy) is 1. The number of morpholine rings is 1. The van der Waals surface area contributed by atoms with Crippen LogP contribution in [-0.2, 0) is 17.1 Å². The summed E-state index contributed by atoms with van der Waals surface area (Å²) in [5.74, 6) is 0.285. The smallest absolute Gasteiger partial charge is 0.379 e. The lowest BCUT2D eigenvalue weighted by Crippen LogP contribution is -2.37. The maximum atomic E-state index is 13.0. The van der Waals surface area contributed by atoms with Gasteiger partial charge in [-0.05, 0) is 37.2 Å². The zero-order chi connectivity index (χ0) is 22.5. The minimum absolute atomic E-state index is 0.0679. The van der Waals surface area contributed by atoms with E-state index in [-0.39, 0.29) is 12.0 Å². The number of aromatic nitrogens is 2. The number of nitrogens with one attached hydrogen (secondary N) is 2. The normalized spacial score (nSPS) is 15.7. The second-order valence-corrected chi connectivity index (χ2v) is 6.92. The first-order valence-corrected chi connectivity index (χ1v) is 9.55. The summed E-state index contributed by atoms with van der Waals surface area (Å²) in [6.45, 7) is 4.63. The van der Waals surface area contributed by atoms with Crippen molar-refractivity contribution < 1.29 is 31.1 Å². The molecule has 0 spiro atoms. The van der Waals surface area contributed by atoms with Gasteiger partial charge in [-0.15, -0.1) is 0 Å². The average Bonchev–Trinajstić information content (AvgIpc) is 2.71. The molecule has 1 fully saturated rings. The van der Waals surface area contributed by atoms with Crippen molar-refractivity contribution in [2.24, 2.45) is 0 Å². The van der Waals surface area contributed by atoms with E-state index in [2.05, 4.69) is 25.5 Å². The number of hydrogen-bond acceptors (Lipinski definition) is 6. The SMILES string of the molecule is FC(F)(F)c1cc(Nc2nccc(NCCCN3CCOCC3)n2)cc(C(F)(F)F)c1. The van der Waals surface area contributed by atoms with Crippen LogP contribution >= 0.6 is 0 Å². The summed E-state index contributed by atoms with van der Waals surface area (Å²) in [4.78, 5) is 10.2. The summed E-state index contributed by atoms with van der Waals surface area (Å²) in [5.41, 5.74) is -3.24. The largest absolute Gasteiger partial charge is 0.416 e. The molecule has 2 aromatic rings. The van der Waals surface area contributed by atoms with Crippen molar-refractivity contribution in [3.63, 3.8) is 0 Å². The average molecular weight is 449 g/mol. The molecule has 31 heavy (non-hydrogen) atoms. The number of rotatable bonds is 7. The van der Waals surface area contributed by atoms with Crippen molar-refractivity contribution in [1.82, 2.24) is 14.9 Å². The molecule has 2 heterocycles. The summed E-state index contributed by atoms with van der Waals surface area (Å²) in [6.07, 6.45) is -7.67. The van der Waals surface area contributed by atoms with Gasteiger partial charge in [-0.1, -0.05) is 0 Å². The van der Waals surface area contributed by atoms with E-state index in [0.717, 1.165) is 26.1 Å². The van der Waals surface area contributed by atoms with E-state index < -0.39 is 29.2 Å². The van der Waals surface area contributed by atoms with Crippen LogP contribution in [0.5, 0.6) is 0 Å². The Hall–Kier alpha value is -2.60. The fraction of sp³-hybridized carbons (Fsp3) is 0.474. The molecule has 6 nitrogen and oxygen atoms in total. The molecule has 1 saturated heterocycles. The van der Waals surface area contributed by atoms with E-state index in [0.29, 0.717) is 37.7 Å². The molecule has 0 amide bonds. The van der Waals surface area contributed by atoms with Crippen LogP contribution in [0, 0.1) is 0 Å². The van der Waals surface area contributed by atoms with Crippen molar-refractivity contribution in [3.8, 4) is 0 Å². The molecule has 0 bridgehead atoms. The zero-order valence-electron chi connectivity index (χ0n) is 16.4. The Morgan fingerprint density at radius 1 is 0.968 bits per heavy atom. The lowest BCUT2D eigenvalue weighted by molar-refractivity contribution is -0.143. The Bertz CT molecular complexity index is 835. The van der Waals surface area contributed by atoms with Gasteiger partial charge in [0, 0.05) is 31.5 Å². The number of alkyl halides is 6. The summed E-state index contributed by atoms with van der Waals surface area (Å²) in [7, 11) is 0. The number of halogens is 6. The van der Waals surface area contributed by atoms with E-state index in [1.807, 2.05) is 0 Å². The molecule has 1 aromatic heterocycles. The Morgan fingerprint density at radius 2 is 1.61 bits per heavy atom. The van der Waals surface area contributed by atoms with E-state index in [1.54, 1.807) is 6.07 Å². The van der Waals surface area contributed by atoms with Gasteiger partial charge in [0.2, 0.25) is 5.95 Å². The Kier molecular flexibility index (Phi) is 7.21. The van der Waals surface area contributed by atoms with E-state index in [1.165, 1.54) is 6.20 Å². The maximum Gasteiger partial charge on any atom is 0.416 e. The van der Waals surface area contributed by atoms with Crippen molar-refractivity contribution in [3.05, 3.63) is 41.6 Å². The molecule has 12 heteroatoms. The van der Waals surface area contributed by atoms with Gasteiger partial charge >= 0.3 is 12.4 Å². The van der Waals surface area contributed by atoms with E-state index in [9.17, 15) is 26.3 Å². The maximum absolute atomic E-state index is 13.0. The van der Waals surface area contributed by atoms with Crippen LogP contribution in [0.4, 0.5) is 43.8 Å². The summed E-state index contributed by atoms with van der Waals surface area (Å²) in [5, 5.41) is 5.50. The second kappa shape index (κ2) is 9.69. The number of anilines is 3. The highest BCUT2D eigenvalue weighted by atomic mass is 19.4. The van der Waals surface area contributed by atoms with Crippen LogP contribution in [0.3, 0.4) is 0 Å². The van der Waals surface area contributed by atoms with Crippen LogP contribution in [-0.4, -0.2) is 54.3 Å².